The van der Waals surface area contributed by atoms with Gasteiger partial charge in [0.2, 0.25) is 0 Å². The lowest BCUT2D eigenvalue weighted by molar-refractivity contribution is 1.16. The third-order valence-corrected chi connectivity index (χ3v) is 2.06. The first-order chi connectivity index (χ1) is 6.33. The molecule has 64 valence electrons. The maximum atomic E-state index is 6.98. The van der Waals surface area contributed by atoms with E-state index in [1.54, 1.807) is 12.1 Å². The summed E-state index contributed by atoms with van der Waals surface area (Å²) in [6, 6.07) is 11.2. The molecule has 0 spiro atoms. The lowest BCUT2D eigenvalue weighted by Gasteiger charge is -2.02. The SMILES string of the molecule is N=Nc1ccc(N)c2ccccc12. The van der Waals surface area contributed by atoms with Crippen molar-refractivity contribution in [1.29, 1.82) is 5.53 Å². The van der Waals surface area contributed by atoms with Crippen LogP contribution in [0.1, 0.15) is 0 Å². The van der Waals surface area contributed by atoms with Crippen molar-refractivity contribution < 1.29 is 0 Å². The first kappa shape index (κ1) is 7.73. The van der Waals surface area contributed by atoms with Gasteiger partial charge in [-0.25, -0.2) is 5.53 Å². The zero-order valence-corrected chi connectivity index (χ0v) is 6.99. The summed E-state index contributed by atoms with van der Waals surface area (Å²) in [6.45, 7) is 0. The van der Waals surface area contributed by atoms with E-state index >= 15 is 0 Å². The topological polar surface area (TPSA) is 62.2 Å². The average molecular weight is 171 g/mol. The standard InChI is InChI=1S/C10H9N3/c11-9-5-6-10(13-12)8-4-2-1-3-7(8)9/h1-6,12H,11H2. The number of benzene rings is 2. The number of rotatable bonds is 1. The largest absolute Gasteiger partial charge is 0.398 e. The van der Waals surface area contributed by atoms with Crippen molar-refractivity contribution in [2.24, 2.45) is 5.11 Å². The molecular weight excluding hydrogens is 162 g/mol. The molecule has 2 aromatic carbocycles. The molecule has 2 aromatic rings. The van der Waals surface area contributed by atoms with E-state index in [2.05, 4.69) is 5.11 Å². The van der Waals surface area contributed by atoms with Gasteiger partial charge in [0, 0.05) is 16.5 Å². The van der Waals surface area contributed by atoms with E-state index in [1.807, 2.05) is 24.3 Å². The zero-order chi connectivity index (χ0) is 9.26. The maximum absolute atomic E-state index is 6.98. The second kappa shape index (κ2) is 2.86. The maximum Gasteiger partial charge on any atom is 0.0929 e. The van der Waals surface area contributed by atoms with Crippen molar-refractivity contribution in [3.8, 4) is 0 Å². The van der Waals surface area contributed by atoms with Crippen molar-refractivity contribution >= 4 is 22.1 Å². The number of nitrogens with one attached hydrogen (secondary N) is 1. The van der Waals surface area contributed by atoms with Crippen LogP contribution in [-0.2, 0) is 0 Å². The second-order valence-electron chi connectivity index (χ2n) is 2.83. The number of hydrogen-bond donors (Lipinski definition) is 2. The molecule has 0 atom stereocenters. The van der Waals surface area contributed by atoms with E-state index in [1.165, 1.54) is 0 Å². The Kier molecular flexibility index (Phi) is 1.70. The van der Waals surface area contributed by atoms with E-state index in [9.17, 15) is 0 Å². The Morgan fingerprint density at radius 1 is 1.00 bits per heavy atom. The van der Waals surface area contributed by atoms with E-state index in [-0.39, 0.29) is 0 Å². The van der Waals surface area contributed by atoms with Crippen LogP contribution in [-0.4, -0.2) is 0 Å². The smallest absolute Gasteiger partial charge is 0.0929 e. The van der Waals surface area contributed by atoms with Crippen LogP contribution in [0.3, 0.4) is 0 Å². The fourth-order valence-corrected chi connectivity index (χ4v) is 1.40. The van der Waals surface area contributed by atoms with Gasteiger partial charge in [-0.2, -0.15) is 5.11 Å². The van der Waals surface area contributed by atoms with Gasteiger partial charge in [-0.05, 0) is 12.1 Å². The molecule has 0 radical (unpaired) electrons. The lowest BCUT2D eigenvalue weighted by Crippen LogP contribution is -1.85. The van der Waals surface area contributed by atoms with Gasteiger partial charge in [0.25, 0.3) is 0 Å². The van der Waals surface area contributed by atoms with Gasteiger partial charge >= 0.3 is 0 Å². The number of nitrogens with zero attached hydrogens (tertiary/aromatic N) is 1. The van der Waals surface area contributed by atoms with Crippen LogP contribution in [0.5, 0.6) is 0 Å². The van der Waals surface area contributed by atoms with Gasteiger partial charge in [-0.1, -0.05) is 24.3 Å². The van der Waals surface area contributed by atoms with Crippen LogP contribution < -0.4 is 5.73 Å². The van der Waals surface area contributed by atoms with Crippen LogP contribution in [0.2, 0.25) is 0 Å². The second-order valence-corrected chi connectivity index (χ2v) is 2.83. The quantitative estimate of drug-likeness (QED) is 0.502. The van der Waals surface area contributed by atoms with Crippen LogP contribution in [0.15, 0.2) is 41.5 Å². The molecule has 0 bridgehead atoms. The Balaban J connectivity index is 2.92. The number of nitrogens with two attached hydrogens (primary N) is 1. The Labute approximate surface area is 75.7 Å². The predicted octanol–water partition coefficient (Wildman–Crippen LogP) is 3.08. The summed E-state index contributed by atoms with van der Waals surface area (Å²) in [5, 5.41) is 5.32. The van der Waals surface area contributed by atoms with Gasteiger partial charge in [-0.15, -0.1) is 0 Å². The van der Waals surface area contributed by atoms with Crippen molar-refractivity contribution in [3.05, 3.63) is 36.4 Å². The average Bonchev–Trinajstić information content (AvgIpc) is 2.19. The molecule has 0 aromatic heterocycles. The minimum absolute atomic E-state index is 0.657. The van der Waals surface area contributed by atoms with Gasteiger partial charge < -0.3 is 5.73 Å². The van der Waals surface area contributed by atoms with Crippen molar-refractivity contribution in [2.45, 2.75) is 0 Å². The summed E-state index contributed by atoms with van der Waals surface area (Å²) in [7, 11) is 0. The minimum Gasteiger partial charge on any atom is -0.398 e. The van der Waals surface area contributed by atoms with E-state index in [4.69, 9.17) is 11.3 Å². The Morgan fingerprint density at radius 2 is 1.69 bits per heavy atom. The summed E-state index contributed by atoms with van der Waals surface area (Å²) in [6.07, 6.45) is 0. The molecular formula is C10H9N3. The molecule has 3 N–H and O–H groups in total. The summed E-state index contributed by atoms with van der Waals surface area (Å²) in [4.78, 5) is 0. The highest BCUT2D eigenvalue weighted by atomic mass is 15.0. The molecule has 0 unspecified atom stereocenters. The fraction of sp³-hybridized carbons (Fsp3) is 0. The van der Waals surface area contributed by atoms with E-state index < -0.39 is 0 Å². The van der Waals surface area contributed by atoms with E-state index in [0.717, 1.165) is 16.5 Å². The van der Waals surface area contributed by atoms with Crippen LogP contribution in [0.4, 0.5) is 11.4 Å². The van der Waals surface area contributed by atoms with Crippen LogP contribution in [0, 0.1) is 5.53 Å². The van der Waals surface area contributed by atoms with Crippen molar-refractivity contribution in [2.75, 3.05) is 5.73 Å². The number of hydrogen-bond acceptors (Lipinski definition) is 3. The highest BCUT2D eigenvalue weighted by molar-refractivity contribution is 5.99. The van der Waals surface area contributed by atoms with Gasteiger partial charge in [0.15, 0.2) is 0 Å². The molecule has 0 aliphatic rings. The summed E-state index contributed by atoms with van der Waals surface area (Å²) < 4.78 is 0. The summed E-state index contributed by atoms with van der Waals surface area (Å²) in [5.41, 5.74) is 14.1. The summed E-state index contributed by atoms with van der Waals surface area (Å²) >= 11 is 0. The van der Waals surface area contributed by atoms with Crippen molar-refractivity contribution in [1.82, 2.24) is 0 Å². The minimum atomic E-state index is 0.657. The molecule has 2 rings (SSSR count). The zero-order valence-electron chi connectivity index (χ0n) is 6.99. The first-order valence-corrected chi connectivity index (χ1v) is 3.97. The Bertz CT molecular complexity index is 463. The Hall–Kier alpha value is -1.90. The molecule has 0 fully saturated rings. The normalized spacial score (nSPS) is 10.2. The molecule has 0 aliphatic heterocycles. The molecule has 3 nitrogen and oxygen atoms in total. The van der Waals surface area contributed by atoms with Gasteiger partial charge in [-0.3, -0.25) is 0 Å². The van der Waals surface area contributed by atoms with Gasteiger partial charge in [0.1, 0.15) is 0 Å². The monoisotopic (exact) mass is 171 g/mol. The fourth-order valence-electron chi connectivity index (χ4n) is 1.40. The van der Waals surface area contributed by atoms with Crippen LogP contribution in [0.25, 0.3) is 10.8 Å². The molecule has 3 heteroatoms. The molecule has 0 saturated heterocycles. The van der Waals surface area contributed by atoms with Crippen molar-refractivity contribution in [3.63, 3.8) is 0 Å². The third kappa shape index (κ3) is 1.14. The Morgan fingerprint density at radius 3 is 2.38 bits per heavy atom. The predicted molar refractivity (Wildman–Crippen MR) is 53.2 cm³/mol. The third-order valence-electron chi connectivity index (χ3n) is 2.06. The van der Waals surface area contributed by atoms with E-state index in [0.29, 0.717) is 5.69 Å². The highest BCUT2D eigenvalue weighted by Crippen LogP contribution is 2.29. The lowest BCUT2D eigenvalue weighted by atomic mass is 10.1. The first-order valence-electron chi connectivity index (χ1n) is 3.97. The number of fused-ring (bicyclic) bond motifs is 1. The highest BCUT2D eigenvalue weighted by Gasteiger charge is 2.01. The number of nitrogen functional groups attached to an aromatic ring is 1. The van der Waals surface area contributed by atoms with Gasteiger partial charge in [0.05, 0.1) is 5.69 Å². The molecule has 0 saturated carbocycles. The molecule has 0 amide bonds. The molecule has 13 heavy (non-hydrogen) atoms. The molecule has 0 heterocycles. The number of anilines is 1. The van der Waals surface area contributed by atoms with Crippen LogP contribution >= 0.6 is 0 Å². The molecule has 0 aliphatic carbocycles. The summed E-state index contributed by atoms with van der Waals surface area (Å²) in [5.74, 6) is 0.